The van der Waals surface area contributed by atoms with Crippen LogP contribution in [0, 0.1) is 11.1 Å². The summed E-state index contributed by atoms with van der Waals surface area (Å²) in [6.45, 7) is 9.62. The van der Waals surface area contributed by atoms with Gasteiger partial charge < -0.3 is 19.8 Å². The Morgan fingerprint density at radius 3 is 2.17 bits per heavy atom. The number of carbonyl (C=O) groups is 2. The van der Waals surface area contributed by atoms with Crippen LogP contribution in [0.5, 0.6) is 0 Å². The molecule has 10 nitrogen and oxygen atoms in total. The van der Waals surface area contributed by atoms with Gasteiger partial charge in [0.25, 0.3) is 6.29 Å². The molecule has 2 atom stereocenters. The van der Waals surface area contributed by atoms with Crippen molar-refractivity contribution in [3.8, 4) is 0 Å². The number of nitrogens with zero attached hydrogens (tertiary/aromatic N) is 3. The van der Waals surface area contributed by atoms with E-state index in [1.807, 2.05) is 0 Å². The molecule has 134 valence electrons. The first-order valence-corrected chi connectivity index (χ1v) is 7.04. The van der Waals surface area contributed by atoms with Gasteiger partial charge >= 0.3 is 12.1 Å². The third-order valence-corrected chi connectivity index (χ3v) is 2.47. The monoisotopic (exact) mass is 335 g/mol. The summed E-state index contributed by atoms with van der Waals surface area (Å²) in [7, 11) is 1.26. The van der Waals surface area contributed by atoms with Gasteiger partial charge in [0.15, 0.2) is 6.04 Å². The summed E-state index contributed by atoms with van der Waals surface area (Å²) in [5.74, 6) is -1.50. The minimum absolute atomic E-state index is 0.0201. The summed E-state index contributed by atoms with van der Waals surface area (Å²) in [5, 5.41) is 24.8. The van der Waals surface area contributed by atoms with Gasteiger partial charge in [-0.2, -0.15) is 0 Å². The maximum Gasteiger partial charge on any atom is 0.511 e. The van der Waals surface area contributed by atoms with Crippen LogP contribution in [0.15, 0.2) is 5.28 Å². The van der Waals surface area contributed by atoms with Gasteiger partial charge in [0.1, 0.15) is 5.60 Å². The predicted molar refractivity (Wildman–Crippen MR) is 77.9 cm³/mol. The molecule has 0 spiro atoms. The van der Waals surface area contributed by atoms with Crippen LogP contribution in [-0.2, 0) is 19.1 Å². The van der Waals surface area contributed by atoms with Gasteiger partial charge in [0.05, 0.1) is 12.0 Å². The van der Waals surface area contributed by atoms with Crippen molar-refractivity contribution in [2.45, 2.75) is 59.5 Å². The number of hydrazine groups is 1. The normalized spacial score (nSPS) is 14.9. The van der Waals surface area contributed by atoms with Crippen LogP contribution in [0.25, 0.3) is 0 Å². The van der Waals surface area contributed by atoms with Crippen molar-refractivity contribution < 1.29 is 34.0 Å². The van der Waals surface area contributed by atoms with Crippen LogP contribution >= 0.6 is 0 Å². The lowest BCUT2D eigenvalue weighted by atomic mass is 10.1. The number of likely N-dealkylation sites (N-methyl/N-ethyl adjacent to an activating group) is 1. The topological polar surface area (TPSA) is 124 Å². The second-order valence-electron chi connectivity index (χ2n) is 6.19. The van der Waals surface area contributed by atoms with Crippen LogP contribution in [0.2, 0.25) is 0 Å². The Kier molecular flexibility index (Phi) is 7.57. The van der Waals surface area contributed by atoms with Gasteiger partial charge in [0, 0.05) is 6.92 Å². The van der Waals surface area contributed by atoms with E-state index in [-0.39, 0.29) is 10.9 Å². The lowest BCUT2D eigenvalue weighted by Gasteiger charge is -2.23. The molecule has 0 aromatic carbocycles. The van der Waals surface area contributed by atoms with Crippen molar-refractivity contribution in [2.24, 2.45) is 11.2 Å². The summed E-state index contributed by atoms with van der Waals surface area (Å²) in [6.07, 6.45) is -2.16. The number of hydrogen-bond acceptors (Lipinski definition) is 7. The molecule has 1 N–H and O–H groups in total. The first-order valence-electron chi connectivity index (χ1n) is 7.04. The predicted octanol–water partition coefficient (Wildman–Crippen LogP) is 2.13. The fourth-order valence-corrected chi connectivity index (χ4v) is 1.58. The third kappa shape index (κ3) is 8.07. The fourth-order valence-electron chi connectivity index (χ4n) is 1.58. The van der Waals surface area contributed by atoms with E-state index in [0.29, 0.717) is 0 Å². The summed E-state index contributed by atoms with van der Waals surface area (Å²) in [6, 6.07) is -1.08. The minimum Gasteiger partial charge on any atom is -0.569 e. The van der Waals surface area contributed by atoms with Crippen LogP contribution in [-0.4, -0.2) is 52.2 Å². The third-order valence-electron chi connectivity index (χ3n) is 2.47. The standard InChI is InChI=1S/C13H25N3O7/c1-8(2)10(11(17)18)15(7)16(20)14-23-9(3)21-12(19)22-13(4,5)6/h8-10H,1-7H3,(H,17,18)/b16-14-/t9?,10-/m0/s1. The van der Waals surface area contributed by atoms with Crippen LogP contribution in [0.4, 0.5) is 4.79 Å². The number of ether oxygens (including phenoxy) is 2. The molecule has 0 aromatic rings. The van der Waals surface area contributed by atoms with Crippen molar-refractivity contribution in [2.75, 3.05) is 7.05 Å². The maximum absolute atomic E-state index is 11.7. The van der Waals surface area contributed by atoms with Gasteiger partial charge in [-0.1, -0.05) is 13.8 Å². The molecule has 0 aliphatic heterocycles. The molecule has 0 aromatic heterocycles. The second kappa shape index (κ2) is 8.39. The number of hydrogen-bond donors (Lipinski definition) is 1. The van der Waals surface area contributed by atoms with Crippen molar-refractivity contribution >= 4 is 12.1 Å². The number of carboxylic acids is 1. The summed E-state index contributed by atoms with van der Waals surface area (Å²) < 4.78 is 9.64. The quantitative estimate of drug-likeness (QED) is 0.247. The van der Waals surface area contributed by atoms with E-state index >= 15 is 0 Å². The number of carbonyl (C=O) groups excluding carboxylic acids is 1. The van der Waals surface area contributed by atoms with Gasteiger partial charge in [0.2, 0.25) is 5.28 Å². The number of rotatable bonds is 7. The zero-order valence-corrected chi connectivity index (χ0v) is 14.5. The number of carboxylic acid groups (broad SMARTS) is 1. The highest BCUT2D eigenvalue weighted by Crippen LogP contribution is 2.11. The molecular formula is C13H25N3O7. The smallest absolute Gasteiger partial charge is 0.511 e. The molecule has 0 rings (SSSR count). The first-order chi connectivity index (χ1) is 10.3. The Bertz CT molecular complexity index is 445. The summed E-state index contributed by atoms with van der Waals surface area (Å²) in [5.41, 5.74) is -0.731. The van der Waals surface area contributed by atoms with Crippen LogP contribution in [0.3, 0.4) is 0 Å². The zero-order chi connectivity index (χ0) is 18.4. The molecule has 1 unspecified atom stereocenters. The van der Waals surface area contributed by atoms with Crippen molar-refractivity contribution in [3.63, 3.8) is 0 Å². The van der Waals surface area contributed by atoms with E-state index in [4.69, 9.17) is 19.4 Å². The highest BCUT2D eigenvalue weighted by atomic mass is 16.8. The Labute approximate surface area is 135 Å². The highest BCUT2D eigenvalue weighted by molar-refractivity contribution is 5.73. The van der Waals surface area contributed by atoms with E-state index in [9.17, 15) is 14.8 Å². The molecule has 10 heteroatoms. The minimum atomic E-state index is -1.18. The lowest BCUT2D eigenvalue weighted by Crippen LogP contribution is -2.45. The van der Waals surface area contributed by atoms with Crippen molar-refractivity contribution in [1.29, 1.82) is 0 Å². The lowest BCUT2D eigenvalue weighted by molar-refractivity contribution is -0.713. The van der Waals surface area contributed by atoms with E-state index in [1.54, 1.807) is 34.6 Å². The van der Waals surface area contributed by atoms with Gasteiger partial charge in [-0.05, 0) is 26.7 Å². The Morgan fingerprint density at radius 1 is 1.26 bits per heavy atom. The van der Waals surface area contributed by atoms with E-state index < -0.39 is 30.1 Å². The summed E-state index contributed by atoms with van der Waals surface area (Å²) in [4.78, 5) is 27.2. The van der Waals surface area contributed by atoms with Gasteiger partial charge in [-0.25, -0.2) is 9.59 Å². The molecule has 0 aliphatic carbocycles. The Hall–Kier alpha value is -2.26. The summed E-state index contributed by atoms with van der Waals surface area (Å²) >= 11 is 0. The largest absolute Gasteiger partial charge is 0.569 e. The van der Waals surface area contributed by atoms with Gasteiger partial charge in [-0.15, -0.1) is 5.01 Å². The molecule has 0 heterocycles. The Morgan fingerprint density at radius 2 is 1.78 bits per heavy atom. The van der Waals surface area contributed by atoms with E-state index in [0.717, 1.165) is 5.01 Å². The zero-order valence-electron chi connectivity index (χ0n) is 14.5. The van der Waals surface area contributed by atoms with Crippen LogP contribution in [0.1, 0.15) is 41.5 Å². The Balaban J connectivity index is 4.63. The molecule has 0 saturated heterocycles. The average molecular weight is 335 g/mol. The second-order valence-corrected chi connectivity index (χ2v) is 6.19. The molecule has 0 fully saturated rings. The molecule has 0 amide bonds. The molecule has 23 heavy (non-hydrogen) atoms. The molecule has 0 saturated carbocycles. The van der Waals surface area contributed by atoms with E-state index in [2.05, 4.69) is 5.28 Å². The maximum atomic E-state index is 11.7. The molecule has 0 bridgehead atoms. The highest BCUT2D eigenvalue weighted by Gasteiger charge is 2.32. The molecular weight excluding hydrogens is 310 g/mol. The van der Waals surface area contributed by atoms with Crippen LogP contribution < -0.4 is 0 Å². The fraction of sp³-hybridized carbons (Fsp3) is 0.846. The number of aliphatic carboxylic acids is 1. The van der Waals surface area contributed by atoms with E-state index in [1.165, 1.54) is 14.0 Å². The molecule has 0 aliphatic rings. The van der Waals surface area contributed by atoms with Crippen molar-refractivity contribution in [1.82, 2.24) is 5.01 Å². The first kappa shape index (κ1) is 20.7. The van der Waals surface area contributed by atoms with Crippen molar-refractivity contribution in [3.05, 3.63) is 5.21 Å². The average Bonchev–Trinajstić information content (AvgIpc) is 2.32. The van der Waals surface area contributed by atoms with Gasteiger partial charge in [-0.3, -0.25) is 4.84 Å². The SMILES string of the molecule is CC(O/N=[N+](\[O-])N(C)[C@H](C(=O)O)C(C)C)OC(=O)OC(C)(C)C. The molecule has 0 radical (unpaired) electrons.